The third-order valence-electron chi connectivity index (χ3n) is 2.88. The van der Waals surface area contributed by atoms with Crippen molar-refractivity contribution in [2.24, 2.45) is 5.92 Å². The maximum Gasteiger partial charge on any atom is 0.104 e. The van der Waals surface area contributed by atoms with Gasteiger partial charge in [-0.2, -0.15) is 5.26 Å². The summed E-state index contributed by atoms with van der Waals surface area (Å²) in [6.07, 6.45) is 0.539. The van der Waals surface area contributed by atoms with E-state index in [4.69, 9.17) is 10.4 Å². The molecule has 0 aliphatic rings. The lowest BCUT2D eigenvalue weighted by Gasteiger charge is -2.23. The highest BCUT2D eigenvalue weighted by atomic mass is 16.2. The predicted molar refractivity (Wildman–Crippen MR) is 80.8 cm³/mol. The lowest BCUT2D eigenvalue weighted by Crippen LogP contribution is -2.28. The minimum atomic E-state index is -0.127. The van der Waals surface area contributed by atoms with Gasteiger partial charge < -0.3 is 5.11 Å². The van der Waals surface area contributed by atoms with Crippen LogP contribution in [-0.2, 0) is 6.54 Å². The van der Waals surface area contributed by atoms with E-state index in [-0.39, 0.29) is 6.61 Å². The molecule has 0 aromatic heterocycles. The Morgan fingerprint density at radius 3 is 2.70 bits per heavy atom. The number of hydrogen-bond acceptors (Lipinski definition) is 3. The SMILES string of the molecule is CC(C)CN(CCC#N)Cc1ccccc1C#CCO. The Kier molecular flexibility index (Phi) is 7.43. The normalized spacial score (nSPS) is 10.2. The molecule has 0 heterocycles. The molecule has 1 N–H and O–H groups in total. The Morgan fingerprint density at radius 1 is 1.30 bits per heavy atom. The van der Waals surface area contributed by atoms with E-state index in [2.05, 4.69) is 42.7 Å². The van der Waals surface area contributed by atoms with Gasteiger partial charge in [0.2, 0.25) is 0 Å². The van der Waals surface area contributed by atoms with E-state index in [9.17, 15) is 0 Å². The first-order chi connectivity index (χ1) is 9.67. The standard InChI is InChI=1S/C17H22N2O/c1-15(2)13-19(11-6-10-18)14-17-8-4-3-7-16(17)9-5-12-20/h3-4,7-8,15,20H,6,11-14H2,1-2H3. The Balaban J connectivity index is 2.84. The molecule has 0 atom stereocenters. The third kappa shape index (κ3) is 5.89. The molecule has 0 radical (unpaired) electrons. The monoisotopic (exact) mass is 270 g/mol. The maximum absolute atomic E-state index is 8.82. The average Bonchev–Trinajstić information content (AvgIpc) is 2.43. The molecule has 0 saturated heterocycles. The van der Waals surface area contributed by atoms with Gasteiger partial charge in [-0.3, -0.25) is 4.90 Å². The van der Waals surface area contributed by atoms with Gasteiger partial charge in [-0.15, -0.1) is 0 Å². The fraction of sp³-hybridized carbons (Fsp3) is 0.471. The Morgan fingerprint density at radius 2 is 2.05 bits per heavy atom. The van der Waals surface area contributed by atoms with Gasteiger partial charge in [-0.1, -0.05) is 43.9 Å². The second-order valence-electron chi connectivity index (χ2n) is 5.15. The van der Waals surface area contributed by atoms with Crippen LogP contribution in [-0.4, -0.2) is 29.7 Å². The first-order valence-corrected chi connectivity index (χ1v) is 6.94. The highest BCUT2D eigenvalue weighted by molar-refractivity contribution is 5.41. The fourth-order valence-corrected chi connectivity index (χ4v) is 2.12. The number of nitrogens with zero attached hydrogens (tertiary/aromatic N) is 2. The largest absolute Gasteiger partial charge is 0.384 e. The van der Waals surface area contributed by atoms with E-state index in [1.807, 2.05) is 18.2 Å². The molecule has 0 amide bonds. The first kappa shape index (κ1) is 16.2. The van der Waals surface area contributed by atoms with E-state index in [0.29, 0.717) is 12.3 Å². The molecule has 0 spiro atoms. The lowest BCUT2D eigenvalue weighted by molar-refractivity contribution is 0.241. The minimum absolute atomic E-state index is 0.127. The van der Waals surface area contributed by atoms with Crippen molar-refractivity contribution in [3.05, 3.63) is 35.4 Å². The summed E-state index contributed by atoms with van der Waals surface area (Å²) in [5, 5.41) is 17.6. The summed E-state index contributed by atoms with van der Waals surface area (Å²) >= 11 is 0. The molecule has 106 valence electrons. The molecule has 0 saturated carbocycles. The van der Waals surface area contributed by atoms with Crippen molar-refractivity contribution < 1.29 is 5.11 Å². The average molecular weight is 270 g/mol. The molecular formula is C17H22N2O. The van der Waals surface area contributed by atoms with Crippen molar-refractivity contribution in [2.45, 2.75) is 26.8 Å². The topological polar surface area (TPSA) is 47.3 Å². The number of aliphatic hydroxyl groups is 1. The van der Waals surface area contributed by atoms with Gasteiger partial charge in [0.25, 0.3) is 0 Å². The molecule has 20 heavy (non-hydrogen) atoms. The zero-order valence-corrected chi connectivity index (χ0v) is 12.3. The molecule has 0 fully saturated rings. The number of benzene rings is 1. The molecule has 1 aromatic carbocycles. The van der Waals surface area contributed by atoms with Crippen LogP contribution in [0.5, 0.6) is 0 Å². The van der Waals surface area contributed by atoms with Gasteiger partial charge >= 0.3 is 0 Å². The van der Waals surface area contributed by atoms with Crippen molar-refractivity contribution in [3.63, 3.8) is 0 Å². The van der Waals surface area contributed by atoms with Crippen LogP contribution >= 0.6 is 0 Å². The second kappa shape index (κ2) is 9.15. The maximum atomic E-state index is 8.82. The molecule has 1 rings (SSSR count). The zero-order valence-electron chi connectivity index (χ0n) is 12.3. The van der Waals surface area contributed by atoms with E-state index in [1.54, 1.807) is 0 Å². The molecule has 0 aliphatic carbocycles. The smallest absolute Gasteiger partial charge is 0.104 e. The van der Waals surface area contributed by atoms with Gasteiger partial charge in [0.05, 0.1) is 6.07 Å². The van der Waals surface area contributed by atoms with Crippen molar-refractivity contribution in [3.8, 4) is 17.9 Å². The Labute approximate surface area is 121 Å². The Hall–Kier alpha value is -1.81. The quantitative estimate of drug-likeness (QED) is 0.807. The highest BCUT2D eigenvalue weighted by Crippen LogP contribution is 2.12. The van der Waals surface area contributed by atoms with E-state index in [1.165, 1.54) is 0 Å². The number of nitriles is 1. The molecular weight excluding hydrogens is 248 g/mol. The van der Waals surface area contributed by atoms with Crippen LogP contribution in [0.4, 0.5) is 0 Å². The minimum Gasteiger partial charge on any atom is -0.384 e. The van der Waals surface area contributed by atoms with E-state index >= 15 is 0 Å². The summed E-state index contributed by atoms with van der Waals surface area (Å²) in [7, 11) is 0. The van der Waals surface area contributed by atoms with Gasteiger partial charge in [0.15, 0.2) is 0 Å². The van der Waals surface area contributed by atoms with Crippen LogP contribution in [0.1, 0.15) is 31.4 Å². The summed E-state index contributed by atoms with van der Waals surface area (Å²) in [5.74, 6) is 6.24. The van der Waals surface area contributed by atoms with E-state index in [0.717, 1.165) is 30.8 Å². The van der Waals surface area contributed by atoms with Crippen molar-refractivity contribution >= 4 is 0 Å². The summed E-state index contributed by atoms with van der Waals surface area (Å²) in [4.78, 5) is 2.29. The van der Waals surface area contributed by atoms with Crippen LogP contribution < -0.4 is 0 Å². The second-order valence-corrected chi connectivity index (χ2v) is 5.15. The molecule has 0 bridgehead atoms. The van der Waals surface area contributed by atoms with Crippen molar-refractivity contribution in [2.75, 3.05) is 19.7 Å². The molecule has 1 aromatic rings. The number of rotatable bonds is 6. The number of hydrogen-bond donors (Lipinski definition) is 1. The predicted octanol–water partition coefficient (Wildman–Crippen LogP) is 2.40. The summed E-state index contributed by atoms with van der Waals surface area (Å²) in [5.41, 5.74) is 2.10. The van der Waals surface area contributed by atoms with Crippen LogP contribution in [0.2, 0.25) is 0 Å². The van der Waals surface area contributed by atoms with Crippen LogP contribution in [0.25, 0.3) is 0 Å². The zero-order chi connectivity index (χ0) is 14.8. The molecule has 0 aliphatic heterocycles. The third-order valence-corrected chi connectivity index (χ3v) is 2.88. The van der Waals surface area contributed by atoms with Gasteiger partial charge in [0.1, 0.15) is 6.61 Å². The van der Waals surface area contributed by atoms with Gasteiger partial charge in [-0.25, -0.2) is 0 Å². The van der Waals surface area contributed by atoms with Crippen LogP contribution in [0.3, 0.4) is 0 Å². The first-order valence-electron chi connectivity index (χ1n) is 6.94. The van der Waals surface area contributed by atoms with Crippen molar-refractivity contribution in [1.82, 2.24) is 4.90 Å². The summed E-state index contributed by atoms with van der Waals surface area (Å²) in [6.45, 7) is 6.75. The highest BCUT2D eigenvalue weighted by Gasteiger charge is 2.09. The van der Waals surface area contributed by atoms with Crippen LogP contribution in [0.15, 0.2) is 24.3 Å². The Bertz CT molecular complexity index is 506. The fourth-order valence-electron chi connectivity index (χ4n) is 2.12. The van der Waals surface area contributed by atoms with E-state index < -0.39 is 0 Å². The lowest BCUT2D eigenvalue weighted by atomic mass is 10.1. The summed E-state index contributed by atoms with van der Waals surface area (Å²) < 4.78 is 0. The molecule has 0 unspecified atom stereocenters. The molecule has 3 nitrogen and oxygen atoms in total. The summed E-state index contributed by atoms with van der Waals surface area (Å²) in [6, 6.07) is 10.2. The van der Waals surface area contributed by atoms with Gasteiger partial charge in [0, 0.05) is 31.6 Å². The van der Waals surface area contributed by atoms with Gasteiger partial charge in [-0.05, 0) is 17.5 Å². The van der Waals surface area contributed by atoms with Crippen LogP contribution in [0, 0.1) is 29.1 Å². The molecule has 3 heteroatoms. The van der Waals surface area contributed by atoms with Crippen molar-refractivity contribution in [1.29, 1.82) is 5.26 Å². The number of aliphatic hydroxyl groups excluding tert-OH is 1.